The van der Waals surface area contributed by atoms with Crippen LogP contribution in [0.1, 0.15) is 0 Å². The summed E-state index contributed by atoms with van der Waals surface area (Å²) in [6.07, 6.45) is 1.50. The molecule has 4 aromatic rings. The molecule has 0 unspecified atom stereocenters. The molecule has 0 saturated heterocycles. The lowest BCUT2D eigenvalue weighted by Crippen LogP contribution is -2.10. The number of anilines is 1. The summed E-state index contributed by atoms with van der Waals surface area (Å²) in [4.78, 5) is 16.4. The van der Waals surface area contributed by atoms with E-state index in [0.29, 0.717) is 22.8 Å². The molecule has 6 heteroatoms. The number of rotatable bonds is 2. The zero-order valence-corrected chi connectivity index (χ0v) is 12.0. The third-order valence-corrected chi connectivity index (χ3v) is 3.51. The van der Waals surface area contributed by atoms with E-state index in [-0.39, 0.29) is 0 Å². The maximum atomic E-state index is 12.2. The van der Waals surface area contributed by atoms with E-state index in [4.69, 9.17) is 10.2 Å². The Balaban J connectivity index is 1.83. The van der Waals surface area contributed by atoms with E-state index in [2.05, 4.69) is 10.1 Å². The standard InChI is InChI=1S/C17H12N4O2/c18-13-7-6-12-8-14(17(22)23-15(12)9-13)21-10-19-16(20-21)11-4-2-1-3-5-11/h1-10H,18H2. The highest BCUT2D eigenvalue weighted by molar-refractivity contribution is 5.81. The zero-order valence-electron chi connectivity index (χ0n) is 12.0. The highest BCUT2D eigenvalue weighted by atomic mass is 16.4. The predicted molar refractivity (Wildman–Crippen MR) is 87.2 cm³/mol. The first-order valence-electron chi connectivity index (χ1n) is 7.01. The third kappa shape index (κ3) is 2.36. The van der Waals surface area contributed by atoms with Crippen LogP contribution in [-0.4, -0.2) is 14.8 Å². The Hall–Kier alpha value is -3.41. The lowest BCUT2D eigenvalue weighted by molar-refractivity contribution is 0.552. The maximum Gasteiger partial charge on any atom is 0.362 e. The van der Waals surface area contributed by atoms with E-state index in [1.807, 2.05) is 30.3 Å². The molecule has 2 N–H and O–H groups in total. The molecule has 2 aromatic carbocycles. The average molecular weight is 304 g/mol. The van der Waals surface area contributed by atoms with Gasteiger partial charge in [-0.2, -0.15) is 0 Å². The lowest BCUT2D eigenvalue weighted by Gasteiger charge is -2.02. The van der Waals surface area contributed by atoms with Gasteiger partial charge in [-0.3, -0.25) is 0 Å². The first-order valence-corrected chi connectivity index (χ1v) is 7.01. The van der Waals surface area contributed by atoms with Crippen LogP contribution < -0.4 is 11.4 Å². The quantitative estimate of drug-likeness (QED) is 0.454. The Morgan fingerprint density at radius 3 is 2.70 bits per heavy atom. The number of nitrogens with two attached hydrogens (primary N) is 1. The molecule has 0 fully saturated rings. The summed E-state index contributed by atoms with van der Waals surface area (Å²) in [6, 6.07) is 16.4. The molecule has 0 atom stereocenters. The van der Waals surface area contributed by atoms with Gasteiger partial charge < -0.3 is 10.2 Å². The molecule has 0 amide bonds. The van der Waals surface area contributed by atoms with Gasteiger partial charge >= 0.3 is 5.63 Å². The summed E-state index contributed by atoms with van der Waals surface area (Å²) in [6.45, 7) is 0. The molecular weight excluding hydrogens is 292 g/mol. The normalized spacial score (nSPS) is 11.0. The van der Waals surface area contributed by atoms with E-state index in [9.17, 15) is 4.79 Å². The fourth-order valence-corrected chi connectivity index (χ4v) is 2.38. The van der Waals surface area contributed by atoms with Gasteiger partial charge in [0, 0.05) is 22.7 Å². The van der Waals surface area contributed by atoms with Crippen LogP contribution in [0.2, 0.25) is 0 Å². The first-order chi connectivity index (χ1) is 11.2. The van der Waals surface area contributed by atoms with E-state index < -0.39 is 5.63 Å². The first kappa shape index (κ1) is 13.3. The van der Waals surface area contributed by atoms with Gasteiger partial charge in [0.25, 0.3) is 0 Å². The fourth-order valence-electron chi connectivity index (χ4n) is 2.38. The molecule has 0 aliphatic heterocycles. The van der Waals surface area contributed by atoms with Crippen molar-refractivity contribution in [3.8, 4) is 17.1 Å². The van der Waals surface area contributed by atoms with Gasteiger partial charge in [0.15, 0.2) is 11.5 Å². The highest BCUT2D eigenvalue weighted by Crippen LogP contribution is 2.19. The van der Waals surface area contributed by atoms with Crippen molar-refractivity contribution in [3.05, 3.63) is 71.3 Å². The molecule has 0 saturated carbocycles. The molecule has 0 aliphatic rings. The summed E-state index contributed by atoms with van der Waals surface area (Å²) in [7, 11) is 0. The third-order valence-electron chi connectivity index (χ3n) is 3.51. The second-order valence-electron chi connectivity index (χ2n) is 5.10. The van der Waals surface area contributed by atoms with Crippen molar-refractivity contribution in [2.24, 2.45) is 0 Å². The minimum atomic E-state index is -0.493. The molecular formula is C17H12N4O2. The number of benzene rings is 2. The van der Waals surface area contributed by atoms with E-state index in [1.165, 1.54) is 11.0 Å². The number of nitrogens with zero attached hydrogens (tertiary/aromatic N) is 3. The van der Waals surface area contributed by atoms with Crippen LogP contribution in [0.25, 0.3) is 28.0 Å². The number of aromatic nitrogens is 3. The molecule has 0 aliphatic carbocycles. The summed E-state index contributed by atoms with van der Waals surface area (Å²) in [5.41, 5.74) is 7.38. The average Bonchev–Trinajstić information content (AvgIpc) is 3.05. The van der Waals surface area contributed by atoms with E-state index in [1.54, 1.807) is 24.3 Å². The number of hydrogen-bond acceptors (Lipinski definition) is 5. The minimum Gasteiger partial charge on any atom is -0.421 e. The van der Waals surface area contributed by atoms with Gasteiger partial charge in [-0.1, -0.05) is 30.3 Å². The second kappa shape index (κ2) is 5.10. The summed E-state index contributed by atoms with van der Waals surface area (Å²) >= 11 is 0. The molecule has 0 spiro atoms. The predicted octanol–water partition coefficient (Wildman–Crippen LogP) is 2.62. The van der Waals surface area contributed by atoms with Gasteiger partial charge in [-0.05, 0) is 18.2 Å². The fraction of sp³-hybridized carbons (Fsp3) is 0. The zero-order chi connectivity index (χ0) is 15.8. The lowest BCUT2D eigenvalue weighted by atomic mass is 10.2. The molecule has 0 bridgehead atoms. The summed E-state index contributed by atoms with van der Waals surface area (Å²) < 4.78 is 6.74. The monoisotopic (exact) mass is 304 g/mol. The van der Waals surface area contributed by atoms with Crippen molar-refractivity contribution < 1.29 is 4.42 Å². The Morgan fingerprint density at radius 2 is 1.87 bits per heavy atom. The van der Waals surface area contributed by atoms with E-state index in [0.717, 1.165) is 10.9 Å². The van der Waals surface area contributed by atoms with E-state index >= 15 is 0 Å². The van der Waals surface area contributed by atoms with Crippen LogP contribution >= 0.6 is 0 Å². The van der Waals surface area contributed by atoms with Crippen LogP contribution in [-0.2, 0) is 0 Å². The topological polar surface area (TPSA) is 86.9 Å². The van der Waals surface area contributed by atoms with Gasteiger partial charge in [-0.25, -0.2) is 14.5 Å². The van der Waals surface area contributed by atoms with Crippen LogP contribution in [0.3, 0.4) is 0 Å². The molecule has 2 aromatic heterocycles. The van der Waals surface area contributed by atoms with Crippen molar-refractivity contribution in [2.45, 2.75) is 0 Å². The number of nitrogen functional groups attached to an aromatic ring is 1. The van der Waals surface area contributed by atoms with Crippen molar-refractivity contribution >= 4 is 16.7 Å². The molecule has 0 radical (unpaired) electrons. The number of hydrogen-bond donors (Lipinski definition) is 1. The molecule has 6 nitrogen and oxygen atoms in total. The number of fused-ring (bicyclic) bond motifs is 1. The molecule has 23 heavy (non-hydrogen) atoms. The van der Waals surface area contributed by atoms with Crippen LogP contribution in [0, 0.1) is 0 Å². The Bertz CT molecular complexity index is 1050. The largest absolute Gasteiger partial charge is 0.421 e. The minimum absolute atomic E-state index is 0.303. The maximum absolute atomic E-state index is 12.2. The van der Waals surface area contributed by atoms with Crippen LogP contribution in [0.5, 0.6) is 0 Å². The van der Waals surface area contributed by atoms with Crippen molar-refractivity contribution in [1.29, 1.82) is 0 Å². The van der Waals surface area contributed by atoms with Crippen LogP contribution in [0.4, 0.5) is 5.69 Å². The Kier molecular flexibility index (Phi) is 2.94. The Labute approximate surface area is 130 Å². The highest BCUT2D eigenvalue weighted by Gasteiger charge is 2.11. The Morgan fingerprint density at radius 1 is 1.04 bits per heavy atom. The smallest absolute Gasteiger partial charge is 0.362 e. The molecule has 112 valence electrons. The summed E-state index contributed by atoms with van der Waals surface area (Å²) in [5.74, 6) is 0.544. The van der Waals surface area contributed by atoms with Gasteiger partial charge in [-0.15, -0.1) is 5.10 Å². The van der Waals surface area contributed by atoms with Crippen molar-refractivity contribution in [1.82, 2.24) is 14.8 Å². The second-order valence-corrected chi connectivity index (χ2v) is 5.10. The van der Waals surface area contributed by atoms with Crippen molar-refractivity contribution in [2.75, 3.05) is 5.73 Å². The summed E-state index contributed by atoms with van der Waals surface area (Å²) in [5, 5.41) is 5.13. The SMILES string of the molecule is Nc1ccc2cc(-n3cnc(-c4ccccc4)n3)c(=O)oc2c1. The van der Waals surface area contributed by atoms with Gasteiger partial charge in [0.2, 0.25) is 0 Å². The molecule has 4 rings (SSSR count). The van der Waals surface area contributed by atoms with Crippen molar-refractivity contribution in [3.63, 3.8) is 0 Å². The van der Waals surface area contributed by atoms with Crippen LogP contribution in [0.15, 0.2) is 70.1 Å². The molecule has 2 heterocycles. The van der Waals surface area contributed by atoms with Gasteiger partial charge in [0.05, 0.1) is 0 Å². The van der Waals surface area contributed by atoms with Gasteiger partial charge in [0.1, 0.15) is 11.9 Å².